The van der Waals surface area contributed by atoms with E-state index in [-0.39, 0.29) is 0 Å². The maximum absolute atomic E-state index is 5.15. The Kier molecular flexibility index (Phi) is 8.50. The molecule has 3 nitrogen and oxygen atoms in total. The zero-order chi connectivity index (χ0) is 41.0. The summed E-state index contributed by atoms with van der Waals surface area (Å²) in [6.07, 6.45) is 0. The molecule has 10 aromatic carbocycles. The van der Waals surface area contributed by atoms with Crippen LogP contribution in [0.1, 0.15) is 0 Å². The molecule has 1 aliphatic rings. The van der Waals surface area contributed by atoms with Crippen molar-refractivity contribution in [2.75, 3.05) is 0 Å². The average molecular weight is 788 g/mol. The minimum absolute atomic E-state index is 0.630. The van der Waals surface area contributed by atoms with Crippen LogP contribution in [-0.2, 0) is 0 Å². The van der Waals surface area contributed by atoms with Gasteiger partial charge in [0.1, 0.15) is 0 Å². The van der Waals surface area contributed by atoms with Crippen LogP contribution in [0.15, 0.2) is 224 Å². The maximum atomic E-state index is 5.15. The predicted molar refractivity (Wildman–Crippen MR) is 257 cm³/mol. The largest absolute Gasteiger partial charge is 0.208 e. The lowest BCUT2D eigenvalue weighted by molar-refractivity contribution is 1.07. The molecule has 288 valence electrons. The number of hydrogen-bond donors (Lipinski definition) is 0. The normalized spacial score (nSPS) is 11.5. The van der Waals surface area contributed by atoms with Crippen LogP contribution in [0, 0.1) is 0 Å². The zero-order valence-electron chi connectivity index (χ0n) is 33.7. The van der Waals surface area contributed by atoms with Crippen LogP contribution in [-0.4, -0.2) is 15.0 Å². The fourth-order valence-corrected chi connectivity index (χ4v) is 9.50. The lowest BCUT2D eigenvalue weighted by Crippen LogP contribution is -2.00. The molecular weight excluding hydrogens is 751 g/mol. The molecule has 0 amide bonds. The highest BCUT2D eigenvalue weighted by molar-refractivity contribution is 6.22. The third-order valence-corrected chi connectivity index (χ3v) is 12.3. The first-order valence-corrected chi connectivity index (χ1v) is 21.1. The van der Waals surface area contributed by atoms with Crippen molar-refractivity contribution in [2.24, 2.45) is 0 Å². The predicted octanol–water partition coefficient (Wildman–Crippen LogP) is 15.5. The molecule has 0 saturated carbocycles. The van der Waals surface area contributed by atoms with Gasteiger partial charge in [0.2, 0.25) is 0 Å². The molecule has 0 unspecified atom stereocenters. The van der Waals surface area contributed by atoms with Crippen LogP contribution in [0.3, 0.4) is 0 Å². The van der Waals surface area contributed by atoms with Crippen molar-refractivity contribution in [2.45, 2.75) is 0 Å². The molecule has 1 aromatic heterocycles. The topological polar surface area (TPSA) is 38.7 Å². The Morgan fingerprint density at radius 1 is 0.194 bits per heavy atom. The van der Waals surface area contributed by atoms with Crippen molar-refractivity contribution in [1.82, 2.24) is 15.0 Å². The Labute approximate surface area is 360 Å². The number of rotatable bonds is 5. The van der Waals surface area contributed by atoms with Gasteiger partial charge in [0.05, 0.1) is 0 Å². The fraction of sp³-hybridized carbons (Fsp3) is 0. The molecule has 0 atom stereocenters. The molecule has 11 aromatic rings. The van der Waals surface area contributed by atoms with Crippen LogP contribution < -0.4 is 0 Å². The molecule has 3 heteroatoms. The van der Waals surface area contributed by atoms with Gasteiger partial charge in [-0.2, -0.15) is 0 Å². The molecule has 12 rings (SSSR count). The second-order valence-electron chi connectivity index (χ2n) is 15.9. The standard InChI is InChI=1S/C59H37N3/c1-4-18-38(19-5-1)55-50-30-16-17-31-51(50)56(41-32-34-49-47-28-13-12-26-45(47)43-24-10-11-25-44(43)46-27-14-15-29-48(46)53(49)36-41)52-35-33-42(37-54(52)55)59-61-57(39-20-6-2-7-21-39)60-58(62-59)40-22-8-3-9-23-40/h1-37H. The summed E-state index contributed by atoms with van der Waals surface area (Å²) in [5, 5.41) is 4.69. The highest BCUT2D eigenvalue weighted by Gasteiger charge is 2.24. The van der Waals surface area contributed by atoms with Crippen molar-refractivity contribution in [1.29, 1.82) is 0 Å². The molecule has 0 radical (unpaired) electrons. The zero-order valence-corrected chi connectivity index (χ0v) is 33.7. The smallest absolute Gasteiger partial charge is 0.164 e. The number of nitrogens with zero attached hydrogens (tertiary/aromatic N) is 3. The molecular formula is C59H37N3. The van der Waals surface area contributed by atoms with Gasteiger partial charge in [-0.3, -0.25) is 0 Å². The minimum atomic E-state index is 0.630. The molecule has 0 saturated heterocycles. The van der Waals surface area contributed by atoms with Crippen LogP contribution in [0.4, 0.5) is 0 Å². The summed E-state index contributed by atoms with van der Waals surface area (Å²) in [6, 6.07) is 80.4. The first-order chi connectivity index (χ1) is 30.8. The van der Waals surface area contributed by atoms with E-state index in [0.717, 1.165) is 38.6 Å². The maximum Gasteiger partial charge on any atom is 0.164 e. The summed E-state index contributed by atoms with van der Waals surface area (Å²) in [5.41, 5.74) is 17.4. The fourth-order valence-electron chi connectivity index (χ4n) is 9.50. The van der Waals surface area contributed by atoms with E-state index < -0.39 is 0 Å². The lowest BCUT2D eigenvalue weighted by Gasteiger charge is -2.24. The summed E-state index contributed by atoms with van der Waals surface area (Å²) in [5.74, 6) is 1.91. The first kappa shape index (κ1) is 35.7. The van der Waals surface area contributed by atoms with E-state index >= 15 is 0 Å². The van der Waals surface area contributed by atoms with Crippen LogP contribution in [0.2, 0.25) is 0 Å². The Morgan fingerprint density at radius 3 is 1.02 bits per heavy atom. The Bertz CT molecular complexity index is 3440. The number of hydrogen-bond acceptors (Lipinski definition) is 3. The summed E-state index contributed by atoms with van der Waals surface area (Å²) < 4.78 is 0. The Hall–Kier alpha value is -8.27. The van der Waals surface area contributed by atoms with Gasteiger partial charge in [0.25, 0.3) is 0 Å². The summed E-state index contributed by atoms with van der Waals surface area (Å²) in [6.45, 7) is 0. The van der Waals surface area contributed by atoms with Gasteiger partial charge in [-0.05, 0) is 100 Å². The quantitative estimate of drug-likeness (QED) is 0.163. The molecule has 1 aliphatic carbocycles. The van der Waals surface area contributed by atoms with Gasteiger partial charge in [-0.25, -0.2) is 15.0 Å². The Balaban J connectivity index is 1.14. The third-order valence-electron chi connectivity index (χ3n) is 12.3. The first-order valence-electron chi connectivity index (χ1n) is 21.1. The summed E-state index contributed by atoms with van der Waals surface area (Å²) in [7, 11) is 0. The van der Waals surface area contributed by atoms with Crippen LogP contribution in [0.25, 0.3) is 122 Å². The average Bonchev–Trinajstić information content (AvgIpc) is 3.35. The summed E-state index contributed by atoms with van der Waals surface area (Å²) >= 11 is 0. The van der Waals surface area contributed by atoms with Crippen molar-refractivity contribution < 1.29 is 0 Å². The van der Waals surface area contributed by atoms with E-state index in [1.165, 1.54) is 66.4 Å². The second-order valence-corrected chi connectivity index (χ2v) is 15.9. The van der Waals surface area contributed by atoms with E-state index in [1.807, 2.05) is 36.4 Å². The van der Waals surface area contributed by atoms with Gasteiger partial charge in [-0.1, -0.05) is 212 Å². The van der Waals surface area contributed by atoms with Crippen LogP contribution >= 0.6 is 0 Å². The minimum Gasteiger partial charge on any atom is -0.208 e. The van der Waals surface area contributed by atoms with Crippen molar-refractivity contribution in [3.8, 4) is 101 Å². The SMILES string of the molecule is c1ccc(-c2nc(-c3ccccc3)nc(-c3ccc4c(-c5ccc6c(c5)-c5ccccc5-c5ccccc5-c5ccccc5-6)c5ccccc5c(-c5ccccc5)c4c3)n2)cc1. The molecule has 0 spiro atoms. The van der Waals surface area contributed by atoms with E-state index in [2.05, 4.69) is 188 Å². The second kappa shape index (κ2) is 14.8. The summed E-state index contributed by atoms with van der Waals surface area (Å²) in [4.78, 5) is 15.3. The molecule has 0 fully saturated rings. The lowest BCUT2D eigenvalue weighted by atomic mass is 9.79. The van der Waals surface area contributed by atoms with Crippen molar-refractivity contribution in [3.63, 3.8) is 0 Å². The van der Waals surface area contributed by atoms with E-state index in [0.29, 0.717) is 17.5 Å². The number of fused-ring (bicyclic) bond motifs is 10. The Morgan fingerprint density at radius 2 is 0.532 bits per heavy atom. The highest BCUT2D eigenvalue weighted by atomic mass is 15.0. The molecule has 0 bridgehead atoms. The van der Waals surface area contributed by atoms with Crippen molar-refractivity contribution >= 4 is 21.5 Å². The van der Waals surface area contributed by atoms with Gasteiger partial charge < -0.3 is 0 Å². The molecule has 1 heterocycles. The molecule has 0 aliphatic heterocycles. The molecule has 62 heavy (non-hydrogen) atoms. The number of aromatic nitrogens is 3. The highest BCUT2D eigenvalue weighted by Crippen LogP contribution is 2.50. The third kappa shape index (κ3) is 5.94. The van der Waals surface area contributed by atoms with Gasteiger partial charge in [-0.15, -0.1) is 0 Å². The van der Waals surface area contributed by atoms with Crippen molar-refractivity contribution in [3.05, 3.63) is 224 Å². The van der Waals surface area contributed by atoms with Crippen LogP contribution in [0.5, 0.6) is 0 Å². The molecule has 0 N–H and O–H groups in total. The monoisotopic (exact) mass is 787 g/mol. The van der Waals surface area contributed by atoms with E-state index in [1.54, 1.807) is 0 Å². The van der Waals surface area contributed by atoms with Gasteiger partial charge >= 0.3 is 0 Å². The van der Waals surface area contributed by atoms with E-state index in [9.17, 15) is 0 Å². The number of benzene rings is 10. The van der Waals surface area contributed by atoms with E-state index in [4.69, 9.17) is 15.0 Å². The van der Waals surface area contributed by atoms with Gasteiger partial charge in [0, 0.05) is 16.7 Å². The van der Waals surface area contributed by atoms with Gasteiger partial charge in [0.15, 0.2) is 17.5 Å².